The molecule has 0 spiro atoms. The van der Waals surface area contributed by atoms with Gasteiger partial charge in [-0.1, -0.05) is 30.3 Å². The van der Waals surface area contributed by atoms with Gasteiger partial charge in [0.05, 0.1) is 17.2 Å². The summed E-state index contributed by atoms with van der Waals surface area (Å²) in [4.78, 5) is 49.9. The number of aromatic nitrogens is 1. The molecule has 2 aromatic rings. The molecule has 0 unspecified atom stereocenters. The predicted molar refractivity (Wildman–Crippen MR) is 127 cm³/mol. The van der Waals surface area contributed by atoms with Crippen molar-refractivity contribution in [3.05, 3.63) is 77.3 Å². The SMILES string of the molecule is NC(=O)c1cc[n+](CC2=C(C(=O)[O-])N3C(=O)[C@@H](NC(=O)[C@@H](c4ccccc4)S(=O)(=O)O)[C@H]3SC2)cc1.O.[Na+]. The molecule has 3 heterocycles. The smallest absolute Gasteiger partial charge is 0.543 e. The van der Waals surface area contributed by atoms with Crippen molar-refractivity contribution >= 4 is 45.6 Å². The number of carboxylic acids is 1. The summed E-state index contributed by atoms with van der Waals surface area (Å²) in [6, 6.07) is 9.02. The first kappa shape index (κ1) is 31.4. The van der Waals surface area contributed by atoms with Gasteiger partial charge in [0, 0.05) is 23.5 Å². The number of carbonyl (C=O) groups excluding carboxylic acids is 4. The number of carboxylic acid groups (broad SMARTS) is 1. The van der Waals surface area contributed by atoms with Crippen LogP contribution in [0.4, 0.5) is 0 Å². The Bertz CT molecular complexity index is 1390. The van der Waals surface area contributed by atoms with Gasteiger partial charge in [-0.2, -0.15) is 8.42 Å². The number of primary amides is 1. The van der Waals surface area contributed by atoms with Gasteiger partial charge in [0.2, 0.25) is 11.8 Å². The van der Waals surface area contributed by atoms with Crippen LogP contribution in [-0.2, 0) is 31.0 Å². The number of β-lactam (4-membered cyclic amide) rings is 1. The molecule has 3 atom stereocenters. The standard InChI is InChI=1S/C22H20N4O8S2.Na.H2O/c23-18(27)13-6-8-25(9-7-13)10-14-11-35-21-15(20(29)26(21)16(14)22(30)31)24-19(28)17(36(32,33)34)12-4-2-1-3-5-12;;/h1-9,15,17,21H,10-11H2,(H4-,23,24,27,28,30,31,32,33,34);;1H2/q;+1;/t15-,17-,21-;;/m1../s1. The minimum atomic E-state index is -4.86. The van der Waals surface area contributed by atoms with Gasteiger partial charge < -0.3 is 26.4 Å². The maximum atomic E-state index is 12.9. The number of hydrogen-bond donors (Lipinski definition) is 3. The molecule has 0 saturated carbocycles. The van der Waals surface area contributed by atoms with E-state index in [1.807, 2.05) is 0 Å². The number of benzene rings is 1. The number of nitrogens with zero attached hydrogens (tertiary/aromatic N) is 2. The molecule has 1 aromatic heterocycles. The Balaban J connectivity index is 0.00000253. The van der Waals surface area contributed by atoms with Gasteiger partial charge in [-0.3, -0.25) is 23.8 Å². The summed E-state index contributed by atoms with van der Waals surface area (Å²) in [6.45, 7) is 0.0850. The second-order valence-electron chi connectivity index (χ2n) is 8.06. The van der Waals surface area contributed by atoms with E-state index in [0.29, 0.717) is 5.57 Å². The first-order valence-electron chi connectivity index (χ1n) is 10.5. The van der Waals surface area contributed by atoms with E-state index in [4.69, 9.17) is 5.73 Å². The van der Waals surface area contributed by atoms with E-state index in [0.717, 1.165) is 4.90 Å². The van der Waals surface area contributed by atoms with E-state index in [2.05, 4.69) is 5.32 Å². The fourth-order valence-corrected chi connectivity index (χ4v) is 6.23. The summed E-state index contributed by atoms with van der Waals surface area (Å²) >= 11 is 1.18. The van der Waals surface area contributed by atoms with Crippen LogP contribution in [0.15, 0.2) is 66.1 Å². The van der Waals surface area contributed by atoms with Crippen LogP contribution in [0.3, 0.4) is 0 Å². The Labute approximate surface area is 243 Å². The van der Waals surface area contributed by atoms with Crippen molar-refractivity contribution < 1.29 is 76.9 Å². The number of amides is 3. The molecule has 2 aliphatic rings. The summed E-state index contributed by atoms with van der Waals surface area (Å²) in [5, 5.41) is 11.5. The van der Waals surface area contributed by atoms with Crippen LogP contribution < -0.4 is 50.3 Å². The molecule has 16 heteroatoms. The maximum absolute atomic E-state index is 12.9. The molecular weight excluding hydrogens is 551 g/mol. The zero-order chi connectivity index (χ0) is 26.2. The van der Waals surface area contributed by atoms with Gasteiger partial charge in [0.15, 0.2) is 24.2 Å². The molecular formula is C22H22N4NaO9S2+. The molecule has 1 aromatic carbocycles. The number of nitrogens with two attached hydrogens (primary N) is 1. The molecule has 1 saturated heterocycles. The van der Waals surface area contributed by atoms with E-state index in [9.17, 15) is 37.3 Å². The summed E-state index contributed by atoms with van der Waals surface area (Å²) in [5.41, 5.74) is 5.53. The Morgan fingerprint density at radius 1 is 1.18 bits per heavy atom. The number of thioether (sulfide) groups is 1. The monoisotopic (exact) mass is 573 g/mol. The van der Waals surface area contributed by atoms with Gasteiger partial charge in [0.1, 0.15) is 11.4 Å². The van der Waals surface area contributed by atoms with Crippen LogP contribution in [-0.4, -0.2) is 64.2 Å². The van der Waals surface area contributed by atoms with E-state index in [1.165, 1.54) is 60.6 Å². The first-order valence-corrected chi connectivity index (χ1v) is 13.0. The van der Waals surface area contributed by atoms with Crippen molar-refractivity contribution in [3.8, 4) is 0 Å². The van der Waals surface area contributed by atoms with Gasteiger partial charge in [-0.05, 0) is 5.56 Å². The normalized spacial score (nSPS) is 19.2. The van der Waals surface area contributed by atoms with Crippen molar-refractivity contribution in [2.24, 2.45) is 5.73 Å². The number of aliphatic carboxylic acids is 1. The average molecular weight is 574 g/mol. The molecule has 38 heavy (non-hydrogen) atoms. The van der Waals surface area contributed by atoms with Crippen molar-refractivity contribution in [2.75, 3.05) is 5.75 Å². The maximum Gasteiger partial charge on any atom is 1.00 e. The van der Waals surface area contributed by atoms with Gasteiger partial charge in [0.25, 0.3) is 16.0 Å². The van der Waals surface area contributed by atoms with Crippen LogP contribution in [0.25, 0.3) is 0 Å². The number of nitrogens with one attached hydrogen (secondary N) is 1. The first-order chi connectivity index (χ1) is 17.0. The second kappa shape index (κ2) is 12.4. The van der Waals surface area contributed by atoms with Crippen LogP contribution >= 0.6 is 11.8 Å². The van der Waals surface area contributed by atoms with Crippen LogP contribution in [0, 0.1) is 0 Å². The summed E-state index contributed by atoms with van der Waals surface area (Å²) in [6.07, 6.45) is 3.08. The zero-order valence-corrected chi connectivity index (χ0v) is 23.6. The molecule has 0 radical (unpaired) electrons. The minimum absolute atomic E-state index is 0. The summed E-state index contributed by atoms with van der Waals surface area (Å²) in [7, 11) is -4.86. The fraction of sp³-hybridized carbons (Fsp3) is 0.227. The Morgan fingerprint density at radius 2 is 1.79 bits per heavy atom. The molecule has 0 aliphatic carbocycles. The van der Waals surface area contributed by atoms with E-state index in [-0.39, 0.29) is 64.2 Å². The molecule has 196 valence electrons. The number of pyridine rings is 1. The van der Waals surface area contributed by atoms with Gasteiger partial charge in [-0.25, -0.2) is 4.57 Å². The third-order valence-corrected chi connectivity index (χ3v) is 8.15. The van der Waals surface area contributed by atoms with Crippen molar-refractivity contribution in [1.29, 1.82) is 0 Å². The number of rotatable bonds is 8. The van der Waals surface area contributed by atoms with E-state index < -0.39 is 50.5 Å². The molecule has 13 nitrogen and oxygen atoms in total. The number of hydrogen-bond acceptors (Lipinski definition) is 8. The molecule has 1 fully saturated rings. The molecule has 0 bridgehead atoms. The molecule has 4 rings (SSSR count). The average Bonchev–Trinajstić information content (AvgIpc) is 2.82. The molecule has 3 amide bonds. The third-order valence-electron chi connectivity index (χ3n) is 5.73. The minimum Gasteiger partial charge on any atom is -0.543 e. The Kier molecular flexibility index (Phi) is 10.2. The largest absolute Gasteiger partial charge is 1.00 e. The quantitative estimate of drug-likeness (QED) is 0.118. The van der Waals surface area contributed by atoms with E-state index >= 15 is 0 Å². The van der Waals surface area contributed by atoms with Gasteiger partial charge in [-0.15, -0.1) is 11.8 Å². The number of carbonyl (C=O) groups is 4. The van der Waals surface area contributed by atoms with Crippen molar-refractivity contribution in [1.82, 2.24) is 10.2 Å². The Hall–Kier alpha value is -2.79. The van der Waals surface area contributed by atoms with Crippen LogP contribution in [0.5, 0.6) is 0 Å². The zero-order valence-electron chi connectivity index (χ0n) is 19.9. The van der Waals surface area contributed by atoms with Crippen molar-refractivity contribution in [3.63, 3.8) is 0 Å². The Morgan fingerprint density at radius 3 is 2.32 bits per heavy atom. The van der Waals surface area contributed by atoms with Crippen LogP contribution in [0.2, 0.25) is 0 Å². The summed E-state index contributed by atoms with van der Waals surface area (Å²) in [5.74, 6) is -3.89. The van der Waals surface area contributed by atoms with Gasteiger partial charge >= 0.3 is 29.6 Å². The topological polar surface area (TPSA) is 222 Å². The fourth-order valence-electron chi connectivity index (χ4n) is 4.06. The predicted octanol–water partition coefficient (Wildman–Crippen LogP) is -5.71. The molecule has 2 aliphatic heterocycles. The van der Waals surface area contributed by atoms with E-state index in [1.54, 1.807) is 10.6 Å². The third kappa shape index (κ3) is 6.26. The van der Waals surface area contributed by atoms with Crippen LogP contribution in [0.1, 0.15) is 21.2 Å². The molecule has 6 N–H and O–H groups in total. The summed E-state index contributed by atoms with van der Waals surface area (Å²) < 4.78 is 35.1. The number of fused-ring (bicyclic) bond motifs is 1. The second-order valence-corrected chi connectivity index (χ2v) is 10.7. The van der Waals surface area contributed by atoms with Crippen molar-refractivity contribution in [2.45, 2.75) is 23.2 Å².